The first-order valence-corrected chi connectivity index (χ1v) is 18.0. The van der Waals surface area contributed by atoms with E-state index in [-0.39, 0.29) is 24.8 Å². The summed E-state index contributed by atoms with van der Waals surface area (Å²) < 4.78 is 1.42. The Bertz CT molecular complexity index is 1470. The second kappa shape index (κ2) is 18.8. The normalized spacial score (nSPS) is 15.3. The van der Waals surface area contributed by atoms with Crippen LogP contribution in [-0.4, -0.2) is 3.21 Å². The van der Waals surface area contributed by atoms with Crippen LogP contribution in [-0.2, 0) is 30.7 Å². The molecule has 0 amide bonds. The summed E-state index contributed by atoms with van der Waals surface area (Å²) in [6.07, 6.45) is 15.1. The standard InChI is InChI=1S/C25H29.C13H10.C5H5.2ClH.Zr/c1-3-7-18(8-4-1)20-11-13-24-22(15-20)17-23-16-21(12-14-25(23)24)19-9-5-2-6-10-19;1-3-7-12(8-4-1)11-13-9-5-2-6-10-13;1-2-4-5-3-1;;;/h11-15,18-19H,1-10,17H2;1-10H;1-5H;2*1H;/q-1;;-1;;;+2/p-2. The number of rotatable bonds is 4. The zero-order valence-corrected chi connectivity index (χ0v) is 30.7. The molecule has 236 valence electrons. The molecule has 0 radical (unpaired) electrons. The van der Waals surface area contributed by atoms with Crippen molar-refractivity contribution in [2.75, 3.05) is 0 Å². The molecule has 8 rings (SSSR count). The summed E-state index contributed by atoms with van der Waals surface area (Å²) in [7, 11) is 0. The summed E-state index contributed by atoms with van der Waals surface area (Å²) in [6, 6.07) is 47.1. The van der Waals surface area contributed by atoms with Crippen LogP contribution in [0.15, 0.2) is 121 Å². The van der Waals surface area contributed by atoms with Gasteiger partial charge in [-0.2, -0.15) is 42.0 Å². The van der Waals surface area contributed by atoms with Gasteiger partial charge in [-0.15, -0.1) is 11.1 Å². The Labute approximate surface area is 304 Å². The SMILES string of the molecule is [Cl-].[Cl-].[Zr+2]=[C](c1ccccc1)c1ccccc1.[c-]1c(C2CCCCC2)ccc2c1Cc1cc(C3CCCCC3)ccc1-2.c1cc[cH-]c1. The van der Waals surface area contributed by atoms with Crippen molar-refractivity contribution in [3.05, 3.63) is 161 Å². The molecule has 0 unspecified atom stereocenters. The van der Waals surface area contributed by atoms with Crippen LogP contribution in [0.4, 0.5) is 0 Å². The van der Waals surface area contributed by atoms with Gasteiger partial charge < -0.3 is 24.8 Å². The van der Waals surface area contributed by atoms with Gasteiger partial charge in [0.1, 0.15) is 0 Å². The predicted molar refractivity (Wildman–Crippen MR) is 183 cm³/mol. The molecule has 2 fully saturated rings. The van der Waals surface area contributed by atoms with E-state index in [0.29, 0.717) is 0 Å². The molecule has 0 nitrogen and oxygen atoms in total. The minimum absolute atomic E-state index is 0. The molecule has 0 aromatic heterocycles. The van der Waals surface area contributed by atoms with Crippen LogP contribution in [0.1, 0.15) is 109 Å². The topological polar surface area (TPSA) is 0 Å². The predicted octanol–water partition coefficient (Wildman–Crippen LogP) is 5.37. The molecule has 0 N–H and O–H groups in total. The van der Waals surface area contributed by atoms with Gasteiger partial charge in [-0.25, -0.2) is 12.1 Å². The molecule has 0 atom stereocenters. The van der Waals surface area contributed by atoms with E-state index in [9.17, 15) is 0 Å². The molecule has 0 saturated heterocycles. The fraction of sp³-hybridized carbons (Fsp3) is 0.302. The maximum absolute atomic E-state index is 3.84. The van der Waals surface area contributed by atoms with E-state index < -0.39 is 0 Å². The van der Waals surface area contributed by atoms with Crippen molar-refractivity contribution in [1.29, 1.82) is 0 Å². The Kier molecular flexibility index (Phi) is 14.9. The first kappa shape index (κ1) is 36.4. The van der Waals surface area contributed by atoms with Crippen LogP contribution in [0.5, 0.6) is 0 Å². The monoisotopic (exact) mass is 720 g/mol. The number of fused-ring (bicyclic) bond motifs is 3. The molecule has 0 aliphatic heterocycles. The third-order valence-corrected chi connectivity index (χ3v) is 11.1. The third-order valence-electron chi connectivity index (χ3n) is 9.64. The van der Waals surface area contributed by atoms with E-state index in [1.807, 2.05) is 30.3 Å². The first-order chi connectivity index (χ1) is 21.8. The fourth-order valence-corrected chi connectivity index (χ4v) is 8.02. The van der Waals surface area contributed by atoms with E-state index in [2.05, 4.69) is 97.1 Å². The number of hydrogen-bond donors (Lipinski definition) is 0. The van der Waals surface area contributed by atoms with Crippen molar-refractivity contribution in [1.82, 2.24) is 0 Å². The van der Waals surface area contributed by atoms with Crippen LogP contribution < -0.4 is 24.8 Å². The summed E-state index contributed by atoms with van der Waals surface area (Å²) in [6.45, 7) is 0. The number of halogens is 2. The Morgan fingerprint density at radius 2 is 1.13 bits per heavy atom. The van der Waals surface area contributed by atoms with Crippen LogP contribution in [0.2, 0.25) is 0 Å². The van der Waals surface area contributed by atoms with Gasteiger partial charge in [0.2, 0.25) is 0 Å². The van der Waals surface area contributed by atoms with Gasteiger partial charge in [0.15, 0.2) is 0 Å². The average Bonchev–Trinajstić information content (AvgIpc) is 3.81. The van der Waals surface area contributed by atoms with Crippen LogP contribution in [0.25, 0.3) is 11.1 Å². The zero-order chi connectivity index (χ0) is 30.0. The summed E-state index contributed by atoms with van der Waals surface area (Å²) in [5, 5.41) is 0. The molecule has 5 aromatic rings. The average molecular weight is 723 g/mol. The summed E-state index contributed by atoms with van der Waals surface area (Å²) in [5.74, 6) is 1.57. The summed E-state index contributed by atoms with van der Waals surface area (Å²) >= 11 is 1.46. The van der Waals surface area contributed by atoms with Crippen molar-refractivity contribution in [2.45, 2.75) is 82.5 Å². The Morgan fingerprint density at radius 3 is 1.67 bits per heavy atom. The quantitative estimate of drug-likeness (QED) is 0.215. The Balaban J connectivity index is 0.000000193. The molecule has 46 heavy (non-hydrogen) atoms. The molecule has 2 saturated carbocycles. The first-order valence-electron chi connectivity index (χ1n) is 16.8. The van der Waals surface area contributed by atoms with Gasteiger partial charge in [-0.3, -0.25) is 0 Å². The van der Waals surface area contributed by atoms with Crippen molar-refractivity contribution in [3.8, 4) is 11.1 Å². The van der Waals surface area contributed by atoms with E-state index in [4.69, 9.17) is 0 Å². The van der Waals surface area contributed by atoms with Crippen LogP contribution in [0.3, 0.4) is 0 Å². The minimum Gasteiger partial charge on any atom is -0.214 e. The maximum atomic E-state index is 3.84. The van der Waals surface area contributed by atoms with Gasteiger partial charge in [0.05, 0.1) is 0 Å². The molecule has 5 aromatic carbocycles. The molecule has 3 heteroatoms. The maximum Gasteiger partial charge on any atom is -0.0162 e. The van der Waals surface area contributed by atoms with Gasteiger partial charge >= 0.3 is 99.2 Å². The molecule has 0 heterocycles. The van der Waals surface area contributed by atoms with Crippen molar-refractivity contribution < 1.29 is 49.0 Å². The van der Waals surface area contributed by atoms with Crippen LogP contribution in [0, 0.1) is 6.07 Å². The van der Waals surface area contributed by atoms with Crippen molar-refractivity contribution in [2.24, 2.45) is 0 Å². The van der Waals surface area contributed by atoms with Crippen molar-refractivity contribution >= 4 is 3.21 Å². The third kappa shape index (κ3) is 9.56. The minimum atomic E-state index is 0. The van der Waals surface area contributed by atoms with Crippen LogP contribution >= 0.6 is 0 Å². The van der Waals surface area contributed by atoms with E-state index in [0.717, 1.165) is 18.3 Å². The molecule has 0 spiro atoms. The Morgan fingerprint density at radius 1 is 0.587 bits per heavy atom. The van der Waals surface area contributed by atoms with Gasteiger partial charge in [0.25, 0.3) is 0 Å². The zero-order valence-electron chi connectivity index (χ0n) is 26.7. The fourth-order valence-electron chi connectivity index (χ4n) is 7.20. The molecular formula is C43H44Cl2Zr-2. The van der Waals surface area contributed by atoms with Crippen molar-refractivity contribution in [3.63, 3.8) is 0 Å². The smallest absolute Gasteiger partial charge is 0.0162 e. The molecular weight excluding hydrogens is 679 g/mol. The van der Waals surface area contributed by atoms with E-state index in [1.165, 1.54) is 125 Å². The molecule has 3 aliphatic rings. The Hall–Kier alpha value is -2.44. The largest absolute Gasteiger partial charge is 0.214 e. The summed E-state index contributed by atoms with van der Waals surface area (Å²) in [4.78, 5) is 0. The number of benzene rings is 4. The summed E-state index contributed by atoms with van der Waals surface area (Å²) in [5.41, 5.74) is 11.7. The van der Waals surface area contributed by atoms with E-state index >= 15 is 0 Å². The van der Waals surface area contributed by atoms with Gasteiger partial charge in [-0.05, 0) is 55.1 Å². The molecule has 3 aliphatic carbocycles. The second-order valence-corrected chi connectivity index (χ2v) is 13.9. The second-order valence-electron chi connectivity index (χ2n) is 12.6. The number of hydrogen-bond acceptors (Lipinski definition) is 0. The van der Waals surface area contributed by atoms with Gasteiger partial charge in [0, 0.05) is 0 Å². The van der Waals surface area contributed by atoms with E-state index in [1.54, 1.807) is 11.1 Å². The van der Waals surface area contributed by atoms with Gasteiger partial charge in [-0.1, -0.05) is 62.3 Å². The molecule has 0 bridgehead atoms.